The monoisotopic (exact) mass is 269 g/mol. The molecular formula is C14H20ClNO2. The van der Waals surface area contributed by atoms with Crippen molar-refractivity contribution >= 4 is 11.6 Å². The van der Waals surface area contributed by atoms with Crippen molar-refractivity contribution in [3.8, 4) is 5.75 Å². The van der Waals surface area contributed by atoms with E-state index in [1.54, 1.807) is 12.1 Å². The molecule has 1 aliphatic rings. The summed E-state index contributed by atoms with van der Waals surface area (Å²) < 4.78 is 5.67. The third-order valence-corrected chi connectivity index (χ3v) is 3.85. The molecule has 0 spiro atoms. The first-order chi connectivity index (χ1) is 8.61. The molecule has 1 aliphatic heterocycles. The lowest BCUT2D eigenvalue weighted by Crippen LogP contribution is -2.43. The molecule has 2 unspecified atom stereocenters. The number of morpholine rings is 1. The maximum Gasteiger partial charge on any atom is 0.120 e. The predicted molar refractivity (Wildman–Crippen MR) is 73.1 cm³/mol. The van der Waals surface area contributed by atoms with E-state index in [1.807, 2.05) is 6.07 Å². The van der Waals surface area contributed by atoms with Crippen molar-refractivity contribution in [1.29, 1.82) is 0 Å². The van der Waals surface area contributed by atoms with Gasteiger partial charge in [-0.15, -0.1) is 0 Å². The average Bonchev–Trinajstić information content (AvgIpc) is 2.41. The maximum atomic E-state index is 9.94. The first kappa shape index (κ1) is 13.7. The number of rotatable bonds is 3. The van der Waals surface area contributed by atoms with Crippen LogP contribution >= 0.6 is 11.6 Å². The molecule has 0 amide bonds. The Morgan fingerprint density at radius 3 is 3.06 bits per heavy atom. The topological polar surface area (TPSA) is 32.7 Å². The highest BCUT2D eigenvalue weighted by atomic mass is 35.5. The van der Waals surface area contributed by atoms with E-state index in [4.69, 9.17) is 16.3 Å². The minimum Gasteiger partial charge on any atom is -0.508 e. The van der Waals surface area contributed by atoms with Gasteiger partial charge in [-0.05, 0) is 31.5 Å². The molecule has 18 heavy (non-hydrogen) atoms. The lowest BCUT2D eigenvalue weighted by atomic mass is 10.0. The maximum absolute atomic E-state index is 9.94. The zero-order valence-corrected chi connectivity index (χ0v) is 11.7. The lowest BCUT2D eigenvalue weighted by molar-refractivity contribution is -0.0427. The predicted octanol–water partition coefficient (Wildman–Crippen LogP) is 3.22. The summed E-state index contributed by atoms with van der Waals surface area (Å²) >= 11 is 6.00. The van der Waals surface area contributed by atoms with Crippen LogP contribution in [0.1, 0.15) is 31.9 Å². The number of ether oxygens (including phenoxy) is 1. The van der Waals surface area contributed by atoms with Gasteiger partial charge in [0.1, 0.15) is 5.75 Å². The van der Waals surface area contributed by atoms with Crippen LogP contribution < -0.4 is 0 Å². The Morgan fingerprint density at radius 1 is 1.56 bits per heavy atom. The Labute approximate surface area is 113 Å². The van der Waals surface area contributed by atoms with Crippen LogP contribution in [0.5, 0.6) is 5.75 Å². The number of aromatic hydroxyl groups is 1. The Balaban J connectivity index is 2.14. The standard InChI is InChI=1S/C14H20ClNO2/c1-3-12-9-16(6-7-18-12)10(2)13-8-11(15)4-5-14(13)17/h4-5,8,10,12,17H,3,6-7,9H2,1-2H3. The van der Waals surface area contributed by atoms with Gasteiger partial charge in [0.25, 0.3) is 0 Å². The van der Waals surface area contributed by atoms with Crippen molar-refractivity contribution in [2.75, 3.05) is 19.7 Å². The van der Waals surface area contributed by atoms with E-state index in [9.17, 15) is 5.11 Å². The van der Waals surface area contributed by atoms with E-state index in [0.717, 1.165) is 31.7 Å². The molecular weight excluding hydrogens is 250 g/mol. The molecule has 1 N–H and O–H groups in total. The van der Waals surface area contributed by atoms with Crippen molar-refractivity contribution in [2.24, 2.45) is 0 Å². The van der Waals surface area contributed by atoms with Crippen LogP contribution in [-0.2, 0) is 4.74 Å². The second-order valence-corrected chi connectivity index (χ2v) is 5.21. The molecule has 3 nitrogen and oxygen atoms in total. The van der Waals surface area contributed by atoms with E-state index < -0.39 is 0 Å². The number of hydrogen-bond donors (Lipinski definition) is 1. The molecule has 1 aromatic rings. The van der Waals surface area contributed by atoms with Gasteiger partial charge in [-0.25, -0.2) is 0 Å². The van der Waals surface area contributed by atoms with Gasteiger partial charge in [0.2, 0.25) is 0 Å². The molecule has 1 heterocycles. The highest BCUT2D eigenvalue weighted by Gasteiger charge is 2.25. The van der Waals surface area contributed by atoms with Crippen molar-refractivity contribution < 1.29 is 9.84 Å². The van der Waals surface area contributed by atoms with Gasteiger partial charge in [-0.1, -0.05) is 18.5 Å². The van der Waals surface area contributed by atoms with Crippen molar-refractivity contribution in [2.45, 2.75) is 32.4 Å². The number of phenols is 1. The van der Waals surface area contributed by atoms with Gasteiger partial charge in [0.15, 0.2) is 0 Å². The number of halogens is 1. The van der Waals surface area contributed by atoms with E-state index in [2.05, 4.69) is 18.7 Å². The summed E-state index contributed by atoms with van der Waals surface area (Å²) in [4.78, 5) is 2.34. The molecule has 0 radical (unpaired) electrons. The van der Waals surface area contributed by atoms with E-state index in [1.165, 1.54) is 0 Å². The highest BCUT2D eigenvalue weighted by Crippen LogP contribution is 2.31. The average molecular weight is 270 g/mol. The summed E-state index contributed by atoms with van der Waals surface area (Å²) in [7, 11) is 0. The Morgan fingerprint density at radius 2 is 2.33 bits per heavy atom. The normalized spacial score (nSPS) is 22.9. The minimum atomic E-state index is 0.154. The van der Waals surface area contributed by atoms with Gasteiger partial charge in [0.05, 0.1) is 12.7 Å². The molecule has 1 aromatic carbocycles. The molecule has 100 valence electrons. The fourth-order valence-corrected chi connectivity index (χ4v) is 2.58. The zero-order chi connectivity index (χ0) is 13.1. The molecule has 1 saturated heterocycles. The largest absolute Gasteiger partial charge is 0.508 e. The van der Waals surface area contributed by atoms with Crippen LogP contribution in [0.25, 0.3) is 0 Å². The molecule has 0 saturated carbocycles. The third kappa shape index (κ3) is 2.97. The SMILES string of the molecule is CCC1CN(C(C)c2cc(Cl)ccc2O)CCO1. The fourth-order valence-electron chi connectivity index (χ4n) is 2.40. The number of benzene rings is 1. The van der Waals surface area contributed by atoms with Crippen molar-refractivity contribution in [1.82, 2.24) is 4.90 Å². The second-order valence-electron chi connectivity index (χ2n) is 4.78. The van der Waals surface area contributed by atoms with Crippen LogP contribution in [0.15, 0.2) is 18.2 Å². The molecule has 0 bridgehead atoms. The van der Waals surface area contributed by atoms with Crippen LogP contribution in [0.3, 0.4) is 0 Å². The fraction of sp³-hybridized carbons (Fsp3) is 0.571. The molecule has 1 fully saturated rings. The second kappa shape index (κ2) is 5.91. The molecule has 0 aromatic heterocycles. The number of hydrogen-bond acceptors (Lipinski definition) is 3. The summed E-state index contributed by atoms with van der Waals surface area (Å²) in [6.07, 6.45) is 1.31. The van der Waals surface area contributed by atoms with Crippen LogP contribution in [0.2, 0.25) is 5.02 Å². The Hall–Kier alpha value is -0.770. The van der Waals surface area contributed by atoms with Crippen molar-refractivity contribution in [3.05, 3.63) is 28.8 Å². The minimum absolute atomic E-state index is 0.154. The first-order valence-corrected chi connectivity index (χ1v) is 6.83. The third-order valence-electron chi connectivity index (χ3n) is 3.61. The summed E-state index contributed by atoms with van der Waals surface area (Å²) in [5.74, 6) is 0.312. The summed E-state index contributed by atoms with van der Waals surface area (Å²) in [5.41, 5.74) is 0.888. The van der Waals surface area contributed by atoms with Gasteiger partial charge in [-0.3, -0.25) is 4.90 Å². The summed E-state index contributed by atoms with van der Waals surface area (Å²) in [6, 6.07) is 5.37. The first-order valence-electron chi connectivity index (χ1n) is 6.46. The Kier molecular flexibility index (Phi) is 4.49. The summed E-state index contributed by atoms with van der Waals surface area (Å²) in [5, 5.41) is 10.6. The van der Waals surface area contributed by atoms with Gasteiger partial charge in [0, 0.05) is 29.7 Å². The molecule has 0 aliphatic carbocycles. The number of nitrogens with zero attached hydrogens (tertiary/aromatic N) is 1. The summed E-state index contributed by atoms with van der Waals surface area (Å²) in [6.45, 7) is 6.79. The Bertz CT molecular complexity index is 411. The number of phenolic OH excluding ortho intramolecular Hbond substituents is 1. The van der Waals surface area contributed by atoms with Gasteiger partial charge < -0.3 is 9.84 Å². The highest BCUT2D eigenvalue weighted by molar-refractivity contribution is 6.30. The van der Waals surface area contributed by atoms with E-state index in [0.29, 0.717) is 16.9 Å². The van der Waals surface area contributed by atoms with Crippen LogP contribution in [0, 0.1) is 0 Å². The van der Waals surface area contributed by atoms with Crippen LogP contribution in [0.4, 0.5) is 0 Å². The zero-order valence-electron chi connectivity index (χ0n) is 10.9. The van der Waals surface area contributed by atoms with Crippen molar-refractivity contribution in [3.63, 3.8) is 0 Å². The lowest BCUT2D eigenvalue weighted by Gasteiger charge is -2.37. The van der Waals surface area contributed by atoms with E-state index >= 15 is 0 Å². The van der Waals surface area contributed by atoms with E-state index in [-0.39, 0.29) is 6.04 Å². The molecule has 2 rings (SSSR count). The molecule has 4 heteroatoms. The quantitative estimate of drug-likeness (QED) is 0.915. The molecule has 2 atom stereocenters. The smallest absolute Gasteiger partial charge is 0.120 e. The van der Waals surface area contributed by atoms with Gasteiger partial charge in [-0.2, -0.15) is 0 Å². The van der Waals surface area contributed by atoms with Gasteiger partial charge >= 0.3 is 0 Å². The van der Waals surface area contributed by atoms with Crippen LogP contribution in [-0.4, -0.2) is 35.8 Å².